The molecule has 3 aromatic rings. The second kappa shape index (κ2) is 8.79. The van der Waals surface area contributed by atoms with Crippen molar-refractivity contribution in [3.05, 3.63) is 92.3 Å². The van der Waals surface area contributed by atoms with Gasteiger partial charge in [0.1, 0.15) is 0 Å². The highest BCUT2D eigenvalue weighted by atomic mass is 35.5. The molecule has 0 aliphatic heterocycles. The largest absolute Gasteiger partial charge is 0.454 e. The fourth-order valence-electron chi connectivity index (χ4n) is 4.24. The highest BCUT2D eigenvalue weighted by molar-refractivity contribution is 6.41. The highest BCUT2D eigenvalue weighted by Crippen LogP contribution is 2.34. The highest BCUT2D eigenvalue weighted by Gasteiger charge is 2.33. The van der Waals surface area contributed by atoms with Gasteiger partial charge in [0, 0.05) is 40.2 Å². The zero-order valence-electron chi connectivity index (χ0n) is 18.5. The average molecular weight is 464 g/mol. The van der Waals surface area contributed by atoms with Gasteiger partial charge in [0.15, 0.2) is 18.2 Å². The molecule has 2 aromatic carbocycles. The van der Waals surface area contributed by atoms with Crippen LogP contribution in [0.3, 0.4) is 0 Å². The van der Waals surface area contributed by atoms with Crippen molar-refractivity contribution in [2.24, 2.45) is 0 Å². The first-order chi connectivity index (χ1) is 15.8. The van der Waals surface area contributed by atoms with Crippen molar-refractivity contribution in [1.29, 1.82) is 0 Å². The maximum Gasteiger partial charge on any atom is 0.340 e. The molecule has 0 atom stereocenters. The number of nitrogens with zero attached hydrogens (tertiary/aromatic N) is 1. The molecule has 0 bridgehead atoms. The zero-order valence-corrected chi connectivity index (χ0v) is 19.3. The Morgan fingerprint density at radius 2 is 1.61 bits per heavy atom. The summed E-state index contributed by atoms with van der Waals surface area (Å²) >= 11 is 6.40. The predicted molar refractivity (Wildman–Crippen MR) is 124 cm³/mol. The van der Waals surface area contributed by atoms with Crippen molar-refractivity contribution in [1.82, 2.24) is 4.57 Å². The minimum absolute atomic E-state index is 0.0238. The molecule has 0 radical (unpaired) electrons. The van der Waals surface area contributed by atoms with E-state index >= 15 is 0 Å². The first-order valence-corrected chi connectivity index (χ1v) is 11.0. The van der Waals surface area contributed by atoms with Gasteiger partial charge in [-0.25, -0.2) is 4.79 Å². The first kappa shape index (κ1) is 22.7. The number of halogens is 1. The lowest BCUT2D eigenvalue weighted by atomic mass is 9.83. The maximum absolute atomic E-state index is 13.0. The minimum Gasteiger partial charge on any atom is -0.454 e. The molecule has 0 spiro atoms. The fraction of sp³-hybridized carbons (Fsp3) is 0.231. The third kappa shape index (κ3) is 3.80. The van der Waals surface area contributed by atoms with E-state index in [1.807, 2.05) is 13.8 Å². The molecule has 6 nitrogen and oxygen atoms in total. The molecule has 4 rings (SSSR count). The predicted octanol–water partition coefficient (Wildman–Crippen LogP) is 4.98. The van der Waals surface area contributed by atoms with Crippen LogP contribution in [0.25, 0.3) is 0 Å². The summed E-state index contributed by atoms with van der Waals surface area (Å²) in [6, 6.07) is 11.0. The van der Waals surface area contributed by atoms with Gasteiger partial charge < -0.3 is 9.30 Å². The van der Waals surface area contributed by atoms with E-state index in [9.17, 15) is 19.2 Å². The molecule has 0 saturated carbocycles. The number of fused-ring (bicyclic) bond motifs is 2. The van der Waals surface area contributed by atoms with E-state index < -0.39 is 18.4 Å². The van der Waals surface area contributed by atoms with Crippen LogP contribution in [-0.2, 0) is 11.3 Å². The molecule has 1 aromatic heterocycles. The Hall–Kier alpha value is -3.51. The van der Waals surface area contributed by atoms with Gasteiger partial charge in [0.25, 0.3) is 0 Å². The summed E-state index contributed by atoms with van der Waals surface area (Å²) in [7, 11) is 0. The molecule has 1 heterocycles. The summed E-state index contributed by atoms with van der Waals surface area (Å²) in [5.74, 6) is -1.93. The summed E-state index contributed by atoms with van der Waals surface area (Å²) < 4.78 is 7.28. The Morgan fingerprint density at radius 1 is 0.939 bits per heavy atom. The van der Waals surface area contributed by atoms with Gasteiger partial charge in [0.2, 0.25) is 5.78 Å². The van der Waals surface area contributed by atoms with Crippen LogP contribution >= 0.6 is 11.6 Å². The second-order valence-electron chi connectivity index (χ2n) is 7.99. The van der Waals surface area contributed by atoms with Gasteiger partial charge in [-0.15, -0.1) is 0 Å². The number of hydrogen-bond acceptors (Lipinski definition) is 5. The number of rotatable bonds is 6. The standard InChI is InChI=1S/C26H22ClNO5/c1-4-11-28-14(2)12-20(15(28)3)21(29)13-33-26(32)19-10-9-18-22(23(19)27)25(31)17-8-6-5-7-16(17)24(18)30/h5-10,12H,4,11,13H2,1-3H3. The van der Waals surface area contributed by atoms with Gasteiger partial charge >= 0.3 is 5.97 Å². The number of ether oxygens (including phenoxy) is 1. The first-order valence-electron chi connectivity index (χ1n) is 10.6. The Kier molecular flexibility index (Phi) is 6.04. The molecule has 0 amide bonds. The van der Waals surface area contributed by atoms with Crippen LogP contribution in [0.2, 0.25) is 5.02 Å². The van der Waals surface area contributed by atoms with Crippen LogP contribution in [0.15, 0.2) is 42.5 Å². The van der Waals surface area contributed by atoms with E-state index in [-0.39, 0.29) is 38.8 Å². The van der Waals surface area contributed by atoms with Crippen molar-refractivity contribution in [2.45, 2.75) is 33.7 Å². The van der Waals surface area contributed by atoms with Crippen LogP contribution in [0.1, 0.15) is 77.3 Å². The lowest BCUT2D eigenvalue weighted by Crippen LogP contribution is -2.23. The van der Waals surface area contributed by atoms with Crippen molar-refractivity contribution in [2.75, 3.05) is 6.61 Å². The van der Waals surface area contributed by atoms with Gasteiger partial charge in [0.05, 0.1) is 16.1 Å². The number of aryl methyl sites for hydroxylation is 1. The van der Waals surface area contributed by atoms with Gasteiger partial charge in [-0.05, 0) is 38.5 Å². The molecule has 0 fully saturated rings. The van der Waals surface area contributed by atoms with Gasteiger partial charge in [-0.1, -0.05) is 42.8 Å². The van der Waals surface area contributed by atoms with E-state index in [1.165, 1.54) is 12.1 Å². The van der Waals surface area contributed by atoms with Crippen molar-refractivity contribution in [3.63, 3.8) is 0 Å². The van der Waals surface area contributed by atoms with E-state index in [1.54, 1.807) is 30.3 Å². The number of hydrogen-bond donors (Lipinski definition) is 0. The van der Waals surface area contributed by atoms with Crippen molar-refractivity contribution < 1.29 is 23.9 Å². The molecular formula is C26H22ClNO5. The minimum atomic E-state index is -0.836. The Balaban J connectivity index is 1.57. The molecule has 1 aliphatic carbocycles. The topological polar surface area (TPSA) is 82.4 Å². The molecule has 0 saturated heterocycles. The van der Waals surface area contributed by atoms with E-state index in [4.69, 9.17) is 16.3 Å². The zero-order chi connectivity index (χ0) is 23.9. The number of aromatic nitrogens is 1. The summed E-state index contributed by atoms with van der Waals surface area (Å²) in [4.78, 5) is 51.2. The van der Waals surface area contributed by atoms with Crippen LogP contribution in [0.5, 0.6) is 0 Å². The Bertz CT molecular complexity index is 1330. The van der Waals surface area contributed by atoms with Gasteiger partial charge in [-0.3, -0.25) is 14.4 Å². The number of esters is 1. The number of carbonyl (C=O) groups excluding carboxylic acids is 4. The maximum atomic E-state index is 13.0. The third-order valence-electron chi connectivity index (χ3n) is 5.91. The lowest BCUT2D eigenvalue weighted by Gasteiger charge is -2.19. The molecule has 1 aliphatic rings. The molecule has 0 unspecified atom stereocenters. The van der Waals surface area contributed by atoms with Crippen LogP contribution < -0.4 is 0 Å². The molecule has 7 heteroatoms. The van der Waals surface area contributed by atoms with E-state index in [0.717, 1.165) is 24.4 Å². The second-order valence-corrected chi connectivity index (χ2v) is 8.37. The Labute approximate surface area is 196 Å². The number of benzene rings is 2. The Morgan fingerprint density at radius 3 is 2.27 bits per heavy atom. The molecule has 168 valence electrons. The summed E-state index contributed by atoms with van der Waals surface area (Å²) in [5, 5.41) is -0.154. The molecule has 0 N–H and O–H groups in total. The molecule has 33 heavy (non-hydrogen) atoms. The van der Waals surface area contributed by atoms with Gasteiger partial charge in [-0.2, -0.15) is 0 Å². The number of ketones is 3. The normalized spacial score (nSPS) is 12.4. The average Bonchev–Trinajstić information content (AvgIpc) is 3.09. The lowest BCUT2D eigenvalue weighted by molar-refractivity contribution is 0.0474. The summed E-state index contributed by atoms with van der Waals surface area (Å²) in [6.45, 7) is 6.18. The quantitative estimate of drug-likeness (QED) is 0.297. The monoisotopic (exact) mass is 463 g/mol. The van der Waals surface area contributed by atoms with E-state index in [0.29, 0.717) is 11.1 Å². The van der Waals surface area contributed by atoms with Crippen LogP contribution in [0, 0.1) is 13.8 Å². The number of Topliss-reactive ketones (excluding diaryl/α,β-unsaturated/α-hetero) is 1. The molecular weight excluding hydrogens is 442 g/mol. The van der Waals surface area contributed by atoms with Crippen molar-refractivity contribution in [3.8, 4) is 0 Å². The van der Waals surface area contributed by atoms with E-state index in [2.05, 4.69) is 11.5 Å². The smallest absolute Gasteiger partial charge is 0.340 e. The summed E-state index contributed by atoms with van der Waals surface area (Å²) in [6.07, 6.45) is 0.932. The van der Waals surface area contributed by atoms with Crippen LogP contribution in [-0.4, -0.2) is 34.5 Å². The summed E-state index contributed by atoms with van der Waals surface area (Å²) in [5.41, 5.74) is 2.87. The third-order valence-corrected chi connectivity index (χ3v) is 6.30. The SMILES string of the molecule is CCCn1c(C)cc(C(=O)COC(=O)c2ccc3c(c2Cl)C(=O)c2ccccc2C3=O)c1C. The fourth-order valence-corrected chi connectivity index (χ4v) is 4.57. The van der Waals surface area contributed by atoms with Crippen molar-refractivity contribution >= 4 is 34.9 Å². The van der Waals surface area contributed by atoms with Crippen LogP contribution in [0.4, 0.5) is 0 Å². The number of carbonyl (C=O) groups is 4.